The molecule has 1 aliphatic carbocycles. The van der Waals surface area contributed by atoms with E-state index in [9.17, 15) is 0 Å². The third-order valence-electron chi connectivity index (χ3n) is 5.18. The second-order valence-electron chi connectivity index (χ2n) is 6.50. The molecule has 3 nitrogen and oxygen atoms in total. The fraction of sp³-hybridized carbons (Fsp3) is 0.800. The monoisotopic (exact) mass is 247 g/mol. The van der Waals surface area contributed by atoms with Gasteiger partial charge in [-0.25, -0.2) is 4.98 Å². The van der Waals surface area contributed by atoms with Gasteiger partial charge in [0.25, 0.3) is 0 Å². The summed E-state index contributed by atoms with van der Waals surface area (Å²) < 4.78 is 0. The summed E-state index contributed by atoms with van der Waals surface area (Å²) in [6, 6.07) is 0. The summed E-state index contributed by atoms with van der Waals surface area (Å²) in [6.45, 7) is 11.8. The van der Waals surface area contributed by atoms with Gasteiger partial charge in [-0.15, -0.1) is 5.10 Å². The lowest BCUT2D eigenvalue weighted by Gasteiger charge is -2.42. The lowest BCUT2D eigenvalue weighted by molar-refractivity contribution is 0.0889. The molecule has 0 spiro atoms. The van der Waals surface area contributed by atoms with Crippen molar-refractivity contribution >= 4 is 0 Å². The van der Waals surface area contributed by atoms with Crippen LogP contribution in [0.5, 0.6) is 0 Å². The van der Waals surface area contributed by atoms with E-state index in [1.54, 1.807) is 12.4 Å². The van der Waals surface area contributed by atoms with Crippen LogP contribution in [-0.4, -0.2) is 15.2 Å². The summed E-state index contributed by atoms with van der Waals surface area (Å²) >= 11 is 0. The Balaban J connectivity index is 2.37. The van der Waals surface area contributed by atoms with E-state index in [4.69, 9.17) is 0 Å². The smallest absolute Gasteiger partial charge is 0.154 e. The molecule has 1 heterocycles. The van der Waals surface area contributed by atoms with E-state index in [0.717, 1.165) is 17.7 Å². The van der Waals surface area contributed by atoms with E-state index in [1.165, 1.54) is 12.8 Å². The highest BCUT2D eigenvalue weighted by atomic mass is 15.1. The molecule has 0 saturated heterocycles. The third kappa shape index (κ3) is 2.04. The quantitative estimate of drug-likeness (QED) is 0.817. The van der Waals surface area contributed by atoms with Crippen LogP contribution in [0.25, 0.3) is 0 Å². The molecular formula is C15H25N3. The van der Waals surface area contributed by atoms with Gasteiger partial charge < -0.3 is 0 Å². The number of hydrogen-bond acceptors (Lipinski definition) is 3. The minimum absolute atomic E-state index is 0.289. The maximum atomic E-state index is 4.46. The molecular weight excluding hydrogens is 222 g/mol. The number of aromatic nitrogens is 3. The molecule has 0 radical (unpaired) electrons. The van der Waals surface area contributed by atoms with Crippen LogP contribution in [0.3, 0.4) is 0 Å². The first-order chi connectivity index (χ1) is 8.48. The zero-order valence-electron chi connectivity index (χ0n) is 12.2. The molecule has 1 saturated carbocycles. The van der Waals surface area contributed by atoms with E-state index in [-0.39, 0.29) is 5.41 Å². The van der Waals surface area contributed by atoms with E-state index in [0.29, 0.717) is 11.8 Å². The van der Waals surface area contributed by atoms with Crippen molar-refractivity contribution in [2.45, 2.75) is 53.4 Å². The first-order valence-corrected chi connectivity index (χ1v) is 7.11. The van der Waals surface area contributed by atoms with Crippen LogP contribution >= 0.6 is 0 Å². The van der Waals surface area contributed by atoms with Gasteiger partial charge in [0, 0.05) is 12.1 Å². The lowest BCUT2D eigenvalue weighted by atomic mass is 9.63. The summed E-state index contributed by atoms with van der Waals surface area (Å²) in [5, 5.41) is 8.28. The molecule has 18 heavy (non-hydrogen) atoms. The number of rotatable bonds is 3. The maximum absolute atomic E-state index is 4.46. The van der Waals surface area contributed by atoms with E-state index >= 15 is 0 Å². The first-order valence-electron chi connectivity index (χ1n) is 7.11. The van der Waals surface area contributed by atoms with Crippen LogP contribution in [0.2, 0.25) is 0 Å². The predicted molar refractivity (Wildman–Crippen MR) is 73.1 cm³/mol. The highest BCUT2D eigenvalue weighted by Gasteiger charge is 2.51. The Bertz CT molecular complexity index is 388. The van der Waals surface area contributed by atoms with Crippen molar-refractivity contribution in [3.63, 3.8) is 0 Å². The topological polar surface area (TPSA) is 38.7 Å². The van der Waals surface area contributed by atoms with E-state index in [1.807, 2.05) is 0 Å². The lowest BCUT2D eigenvalue weighted by Crippen LogP contribution is -2.36. The molecule has 1 aromatic rings. The molecule has 1 aliphatic rings. The Hall–Kier alpha value is -0.990. The molecule has 0 aliphatic heterocycles. The van der Waals surface area contributed by atoms with Gasteiger partial charge in [0.05, 0.1) is 6.20 Å². The van der Waals surface area contributed by atoms with Gasteiger partial charge in [-0.2, -0.15) is 5.10 Å². The van der Waals surface area contributed by atoms with Crippen LogP contribution in [0.4, 0.5) is 0 Å². The Morgan fingerprint density at radius 3 is 2.39 bits per heavy atom. The zero-order valence-corrected chi connectivity index (χ0v) is 12.2. The van der Waals surface area contributed by atoms with Crippen molar-refractivity contribution in [2.24, 2.45) is 23.2 Å². The van der Waals surface area contributed by atoms with Crippen LogP contribution in [0.15, 0.2) is 12.4 Å². The van der Waals surface area contributed by atoms with Crippen LogP contribution in [-0.2, 0) is 0 Å². The molecule has 1 aromatic heterocycles. The van der Waals surface area contributed by atoms with Crippen molar-refractivity contribution < 1.29 is 0 Å². The Morgan fingerprint density at radius 2 is 1.89 bits per heavy atom. The highest BCUT2D eigenvalue weighted by Crippen LogP contribution is 2.58. The van der Waals surface area contributed by atoms with Gasteiger partial charge >= 0.3 is 0 Å². The molecule has 1 fully saturated rings. The molecule has 1 unspecified atom stereocenters. The van der Waals surface area contributed by atoms with Crippen molar-refractivity contribution in [3.8, 4) is 0 Å². The van der Waals surface area contributed by atoms with Gasteiger partial charge in [-0.05, 0) is 36.0 Å². The Morgan fingerprint density at radius 1 is 1.17 bits per heavy atom. The molecule has 0 bridgehead atoms. The second kappa shape index (κ2) is 4.94. The normalized spacial score (nSPS) is 32.4. The molecule has 100 valence electrons. The fourth-order valence-corrected chi connectivity index (χ4v) is 3.93. The van der Waals surface area contributed by atoms with Gasteiger partial charge in [-0.3, -0.25) is 0 Å². The van der Waals surface area contributed by atoms with E-state index in [2.05, 4.69) is 49.8 Å². The highest BCUT2D eigenvalue weighted by molar-refractivity contribution is 5.10. The number of nitrogens with zero attached hydrogens (tertiary/aromatic N) is 3. The van der Waals surface area contributed by atoms with Crippen molar-refractivity contribution in [2.75, 3.05) is 0 Å². The van der Waals surface area contributed by atoms with Crippen molar-refractivity contribution in [1.29, 1.82) is 0 Å². The summed E-state index contributed by atoms with van der Waals surface area (Å²) in [7, 11) is 0. The van der Waals surface area contributed by atoms with Crippen LogP contribution in [0.1, 0.15) is 59.2 Å². The average Bonchev–Trinajstić information content (AvgIpc) is 2.69. The SMILES string of the molecule is CC(C)C1CC[C@H](c2nccnn2)[C@@]1(C)C(C)C. The molecule has 0 N–H and O–H groups in total. The average molecular weight is 247 g/mol. The standard InChI is InChI=1S/C15H25N3/c1-10(2)12-6-7-13(15(12,5)11(3)4)14-16-8-9-17-18-14/h8-13H,6-7H2,1-5H3/t12?,13-,15+/m1/s1. The minimum Gasteiger partial charge on any atom is -0.237 e. The van der Waals surface area contributed by atoms with Crippen molar-refractivity contribution in [1.82, 2.24) is 15.2 Å². The summed E-state index contributed by atoms with van der Waals surface area (Å²) in [5.41, 5.74) is 0.289. The predicted octanol–water partition coefficient (Wildman–Crippen LogP) is 3.68. The van der Waals surface area contributed by atoms with Crippen LogP contribution < -0.4 is 0 Å². The van der Waals surface area contributed by atoms with Crippen LogP contribution in [0, 0.1) is 23.2 Å². The molecule has 0 aromatic carbocycles. The molecule has 3 heteroatoms. The summed E-state index contributed by atoms with van der Waals surface area (Å²) in [5.74, 6) is 3.52. The largest absolute Gasteiger partial charge is 0.237 e. The van der Waals surface area contributed by atoms with E-state index < -0.39 is 0 Å². The fourth-order valence-electron chi connectivity index (χ4n) is 3.93. The van der Waals surface area contributed by atoms with Crippen molar-refractivity contribution in [3.05, 3.63) is 18.2 Å². The minimum atomic E-state index is 0.289. The first kappa shape index (κ1) is 13.4. The molecule has 3 atom stereocenters. The third-order valence-corrected chi connectivity index (χ3v) is 5.18. The Kier molecular flexibility index (Phi) is 3.69. The van der Waals surface area contributed by atoms with Gasteiger partial charge in [-0.1, -0.05) is 34.6 Å². The maximum Gasteiger partial charge on any atom is 0.154 e. The molecule has 0 amide bonds. The van der Waals surface area contributed by atoms with Gasteiger partial charge in [0.2, 0.25) is 0 Å². The number of hydrogen-bond donors (Lipinski definition) is 0. The van der Waals surface area contributed by atoms with Gasteiger partial charge in [0.15, 0.2) is 5.82 Å². The zero-order chi connectivity index (χ0) is 13.3. The Labute approximate surface area is 110 Å². The summed E-state index contributed by atoms with van der Waals surface area (Å²) in [6.07, 6.45) is 5.91. The molecule has 2 rings (SSSR count). The summed E-state index contributed by atoms with van der Waals surface area (Å²) in [4.78, 5) is 4.46. The second-order valence-corrected chi connectivity index (χ2v) is 6.50. The van der Waals surface area contributed by atoms with Gasteiger partial charge in [0.1, 0.15) is 0 Å².